The van der Waals surface area contributed by atoms with Crippen LogP contribution in [0.1, 0.15) is 43.5 Å². The fourth-order valence-electron chi connectivity index (χ4n) is 3.10. The third kappa shape index (κ3) is 2.89. The van der Waals surface area contributed by atoms with Gasteiger partial charge < -0.3 is 15.2 Å². The summed E-state index contributed by atoms with van der Waals surface area (Å²) in [4.78, 5) is 12.3. The molecule has 1 aromatic carbocycles. The summed E-state index contributed by atoms with van der Waals surface area (Å²) < 4.78 is 5.09. The van der Waals surface area contributed by atoms with Crippen LogP contribution in [-0.2, 0) is 0 Å². The van der Waals surface area contributed by atoms with Gasteiger partial charge in [0.25, 0.3) is 5.91 Å². The molecule has 0 aromatic heterocycles. The number of nitrogens with one attached hydrogen (secondary N) is 1. The summed E-state index contributed by atoms with van der Waals surface area (Å²) in [5, 5.41) is 12.9. The van der Waals surface area contributed by atoms with Crippen molar-refractivity contribution in [1.29, 1.82) is 0 Å². The van der Waals surface area contributed by atoms with E-state index in [2.05, 4.69) is 19.2 Å². The second-order valence-corrected chi connectivity index (χ2v) is 5.57. The maximum absolute atomic E-state index is 12.3. The van der Waals surface area contributed by atoms with Crippen LogP contribution in [-0.4, -0.2) is 24.2 Å². The lowest BCUT2D eigenvalue weighted by Crippen LogP contribution is -2.37. The number of ether oxygens (including phenoxy) is 1. The molecule has 0 radical (unpaired) electrons. The predicted molar refractivity (Wildman–Crippen MR) is 78.1 cm³/mol. The van der Waals surface area contributed by atoms with Gasteiger partial charge in [-0.05, 0) is 42.9 Å². The zero-order chi connectivity index (χ0) is 14.7. The minimum atomic E-state index is -0.227. The second-order valence-electron chi connectivity index (χ2n) is 5.57. The number of hydrogen-bond donors (Lipinski definition) is 2. The van der Waals surface area contributed by atoms with Gasteiger partial charge in [-0.25, -0.2) is 0 Å². The van der Waals surface area contributed by atoms with Gasteiger partial charge in [-0.3, -0.25) is 4.79 Å². The van der Waals surface area contributed by atoms with Crippen LogP contribution in [0.15, 0.2) is 18.2 Å². The first-order chi connectivity index (χ1) is 9.56. The minimum absolute atomic E-state index is 0.0130. The van der Waals surface area contributed by atoms with Crippen LogP contribution in [0, 0.1) is 11.8 Å². The van der Waals surface area contributed by atoms with Gasteiger partial charge in [0, 0.05) is 6.04 Å². The van der Waals surface area contributed by atoms with Crippen LogP contribution >= 0.6 is 0 Å². The Labute approximate surface area is 120 Å². The molecule has 0 bridgehead atoms. The van der Waals surface area contributed by atoms with Crippen molar-refractivity contribution in [2.24, 2.45) is 11.8 Å². The number of phenols is 1. The number of aromatic hydroxyl groups is 1. The molecule has 0 saturated heterocycles. The number of carbonyl (C=O) groups is 1. The number of carbonyl (C=O) groups excluding carboxylic acids is 1. The molecule has 4 nitrogen and oxygen atoms in total. The Morgan fingerprint density at radius 3 is 2.80 bits per heavy atom. The fraction of sp³-hybridized carbons (Fsp3) is 0.562. The van der Waals surface area contributed by atoms with Crippen LogP contribution in [0.2, 0.25) is 0 Å². The van der Waals surface area contributed by atoms with E-state index in [9.17, 15) is 9.90 Å². The molecule has 0 aliphatic heterocycles. The van der Waals surface area contributed by atoms with Gasteiger partial charge in [-0.2, -0.15) is 0 Å². The van der Waals surface area contributed by atoms with Gasteiger partial charge in [-0.15, -0.1) is 0 Å². The van der Waals surface area contributed by atoms with Crippen LogP contribution in [0.4, 0.5) is 0 Å². The molecule has 2 N–H and O–H groups in total. The van der Waals surface area contributed by atoms with Gasteiger partial charge in [0.05, 0.1) is 12.7 Å². The summed E-state index contributed by atoms with van der Waals surface area (Å²) in [7, 11) is 1.54. The Morgan fingerprint density at radius 1 is 1.45 bits per heavy atom. The van der Waals surface area contributed by atoms with Crippen molar-refractivity contribution in [1.82, 2.24) is 5.32 Å². The zero-order valence-electron chi connectivity index (χ0n) is 12.3. The highest BCUT2D eigenvalue weighted by Crippen LogP contribution is 2.34. The Balaban J connectivity index is 2.09. The molecule has 3 unspecified atom stereocenters. The summed E-state index contributed by atoms with van der Waals surface area (Å²) >= 11 is 0. The maximum atomic E-state index is 12.3. The molecule has 1 aliphatic rings. The molecule has 3 atom stereocenters. The van der Waals surface area contributed by atoms with E-state index in [0.717, 1.165) is 19.3 Å². The second kappa shape index (κ2) is 6.16. The largest absolute Gasteiger partial charge is 0.507 e. The van der Waals surface area contributed by atoms with E-state index in [1.54, 1.807) is 19.2 Å². The highest BCUT2D eigenvalue weighted by atomic mass is 16.5. The van der Waals surface area contributed by atoms with E-state index in [-0.39, 0.29) is 23.3 Å². The average Bonchev–Trinajstić information content (AvgIpc) is 2.80. The van der Waals surface area contributed by atoms with Crippen molar-refractivity contribution in [2.75, 3.05) is 7.11 Å². The lowest BCUT2D eigenvalue weighted by Gasteiger charge is -2.21. The molecular weight excluding hydrogens is 254 g/mol. The van der Waals surface area contributed by atoms with Crippen molar-refractivity contribution in [2.45, 2.75) is 39.2 Å². The molecule has 110 valence electrons. The third-order valence-electron chi connectivity index (χ3n) is 4.52. The van der Waals surface area contributed by atoms with E-state index in [1.165, 1.54) is 6.07 Å². The van der Waals surface area contributed by atoms with E-state index in [1.807, 2.05) is 0 Å². The topological polar surface area (TPSA) is 58.6 Å². The molecule has 1 aromatic rings. The smallest absolute Gasteiger partial charge is 0.255 e. The van der Waals surface area contributed by atoms with Crippen molar-refractivity contribution in [3.05, 3.63) is 23.8 Å². The lowest BCUT2D eigenvalue weighted by atomic mass is 9.93. The summed E-state index contributed by atoms with van der Waals surface area (Å²) in [6, 6.07) is 4.89. The fourth-order valence-corrected chi connectivity index (χ4v) is 3.10. The predicted octanol–water partition coefficient (Wildman–Crippen LogP) is 2.96. The molecule has 0 heterocycles. The third-order valence-corrected chi connectivity index (χ3v) is 4.52. The molecule has 2 rings (SSSR count). The van der Waals surface area contributed by atoms with Gasteiger partial charge >= 0.3 is 0 Å². The minimum Gasteiger partial charge on any atom is -0.507 e. The zero-order valence-corrected chi connectivity index (χ0v) is 12.3. The van der Waals surface area contributed by atoms with Gasteiger partial charge in [0.2, 0.25) is 0 Å². The quantitative estimate of drug-likeness (QED) is 0.889. The summed E-state index contributed by atoms with van der Waals surface area (Å²) in [6.07, 6.45) is 3.32. The van der Waals surface area contributed by atoms with Crippen molar-refractivity contribution in [3.8, 4) is 11.5 Å². The maximum Gasteiger partial charge on any atom is 0.255 e. The van der Waals surface area contributed by atoms with E-state index < -0.39 is 0 Å². The normalized spacial score (nSPS) is 25.4. The number of rotatable bonds is 4. The Bertz CT molecular complexity index is 487. The summed E-state index contributed by atoms with van der Waals surface area (Å²) in [5.74, 6) is 1.49. The van der Waals surface area contributed by atoms with Gasteiger partial charge in [0.15, 0.2) is 0 Å². The first kappa shape index (κ1) is 14.7. The standard InChI is InChI=1S/C16H23NO3/c1-4-11-5-7-14(10(11)2)17-16(19)13-9-12(20-3)6-8-15(13)18/h6,8-11,14,18H,4-5,7H2,1-3H3,(H,17,19). The monoisotopic (exact) mass is 277 g/mol. The van der Waals surface area contributed by atoms with Crippen molar-refractivity contribution >= 4 is 5.91 Å². The first-order valence-electron chi connectivity index (χ1n) is 7.24. The molecule has 4 heteroatoms. The highest BCUT2D eigenvalue weighted by Gasteiger charge is 2.32. The van der Waals surface area contributed by atoms with Gasteiger partial charge in [-0.1, -0.05) is 20.3 Å². The number of hydrogen-bond acceptors (Lipinski definition) is 3. The molecule has 0 spiro atoms. The Hall–Kier alpha value is -1.71. The van der Waals surface area contributed by atoms with Crippen LogP contribution in [0.25, 0.3) is 0 Å². The van der Waals surface area contributed by atoms with E-state index in [4.69, 9.17) is 4.74 Å². The van der Waals surface area contributed by atoms with E-state index >= 15 is 0 Å². The van der Waals surface area contributed by atoms with Gasteiger partial charge in [0.1, 0.15) is 11.5 Å². The molecule has 20 heavy (non-hydrogen) atoms. The molecule has 1 aliphatic carbocycles. The average molecular weight is 277 g/mol. The highest BCUT2D eigenvalue weighted by molar-refractivity contribution is 5.97. The Kier molecular flexibility index (Phi) is 4.53. The summed E-state index contributed by atoms with van der Waals surface area (Å²) in [5.41, 5.74) is 0.275. The number of methoxy groups -OCH3 is 1. The first-order valence-corrected chi connectivity index (χ1v) is 7.24. The van der Waals surface area contributed by atoms with Crippen LogP contribution in [0.5, 0.6) is 11.5 Å². The molecule has 1 amide bonds. The van der Waals surface area contributed by atoms with Crippen LogP contribution in [0.3, 0.4) is 0 Å². The SMILES string of the molecule is CCC1CCC(NC(=O)c2cc(OC)ccc2O)C1C. The number of benzene rings is 1. The molecule has 1 saturated carbocycles. The van der Waals surface area contributed by atoms with Crippen molar-refractivity contribution in [3.63, 3.8) is 0 Å². The molecular formula is C16H23NO3. The Morgan fingerprint density at radius 2 is 2.20 bits per heavy atom. The number of phenolic OH excluding ortho intramolecular Hbond substituents is 1. The van der Waals surface area contributed by atoms with Crippen LogP contribution < -0.4 is 10.1 Å². The number of amides is 1. The lowest BCUT2D eigenvalue weighted by molar-refractivity contribution is 0.0923. The summed E-state index contributed by atoms with van der Waals surface area (Å²) in [6.45, 7) is 4.39. The molecule has 1 fully saturated rings. The van der Waals surface area contributed by atoms with Crippen molar-refractivity contribution < 1.29 is 14.6 Å². The van der Waals surface area contributed by atoms with E-state index in [0.29, 0.717) is 17.6 Å².